The van der Waals surface area contributed by atoms with Gasteiger partial charge in [0.25, 0.3) is 0 Å². The number of anilines is 1. The summed E-state index contributed by atoms with van der Waals surface area (Å²) < 4.78 is 33.1. The van der Waals surface area contributed by atoms with Crippen molar-refractivity contribution in [1.29, 1.82) is 0 Å². The van der Waals surface area contributed by atoms with Gasteiger partial charge in [-0.05, 0) is 74.8 Å². The SMILES string of the molecule is O=C(CCc1ccc(S(=O)(=O)NC2CC2)cc1)Nc1cccc(OC2CCCC2)c1. The lowest BCUT2D eigenvalue weighted by Crippen LogP contribution is -2.25. The van der Waals surface area contributed by atoms with Gasteiger partial charge in [-0.2, -0.15) is 0 Å². The Labute approximate surface area is 178 Å². The molecular weight excluding hydrogens is 400 g/mol. The zero-order valence-electron chi connectivity index (χ0n) is 17.0. The lowest BCUT2D eigenvalue weighted by Gasteiger charge is -2.14. The molecule has 160 valence electrons. The molecule has 0 aliphatic heterocycles. The highest BCUT2D eigenvalue weighted by molar-refractivity contribution is 7.89. The molecule has 1 amide bonds. The number of rotatable bonds is 9. The number of sulfonamides is 1. The van der Waals surface area contributed by atoms with E-state index in [0.717, 1.165) is 42.7 Å². The molecule has 0 radical (unpaired) electrons. The van der Waals surface area contributed by atoms with Crippen molar-refractivity contribution in [3.8, 4) is 5.75 Å². The summed E-state index contributed by atoms with van der Waals surface area (Å²) in [6, 6.07) is 14.3. The predicted octanol–water partition coefficient (Wildman–Crippen LogP) is 4.02. The number of carbonyl (C=O) groups excluding carboxylic acids is 1. The maximum atomic E-state index is 12.3. The van der Waals surface area contributed by atoms with Gasteiger partial charge in [-0.1, -0.05) is 18.2 Å². The number of benzene rings is 2. The molecule has 6 nitrogen and oxygen atoms in total. The quantitative estimate of drug-likeness (QED) is 0.632. The van der Waals surface area contributed by atoms with Gasteiger partial charge in [0.05, 0.1) is 11.0 Å². The van der Waals surface area contributed by atoms with E-state index in [0.29, 0.717) is 12.8 Å². The molecule has 0 heterocycles. The molecule has 2 fully saturated rings. The second-order valence-corrected chi connectivity index (χ2v) is 9.85. The second-order valence-electron chi connectivity index (χ2n) is 8.14. The van der Waals surface area contributed by atoms with Crippen LogP contribution in [0.2, 0.25) is 0 Å². The Morgan fingerprint density at radius 2 is 1.73 bits per heavy atom. The molecule has 2 aromatic rings. The molecule has 2 aliphatic rings. The fourth-order valence-corrected chi connectivity index (χ4v) is 4.96. The van der Waals surface area contributed by atoms with E-state index in [1.807, 2.05) is 24.3 Å². The Morgan fingerprint density at radius 1 is 1.00 bits per heavy atom. The van der Waals surface area contributed by atoms with Crippen molar-refractivity contribution in [2.45, 2.75) is 68.4 Å². The number of nitrogens with one attached hydrogen (secondary N) is 2. The van der Waals surface area contributed by atoms with Crippen LogP contribution in [-0.2, 0) is 21.2 Å². The molecule has 2 aromatic carbocycles. The van der Waals surface area contributed by atoms with Gasteiger partial charge >= 0.3 is 0 Å². The third-order valence-corrected chi connectivity index (χ3v) is 7.03. The monoisotopic (exact) mass is 428 g/mol. The average molecular weight is 429 g/mol. The van der Waals surface area contributed by atoms with Crippen molar-refractivity contribution < 1.29 is 17.9 Å². The maximum Gasteiger partial charge on any atom is 0.240 e. The predicted molar refractivity (Wildman–Crippen MR) is 116 cm³/mol. The van der Waals surface area contributed by atoms with E-state index < -0.39 is 10.0 Å². The highest BCUT2D eigenvalue weighted by atomic mass is 32.2. The van der Waals surface area contributed by atoms with Crippen LogP contribution in [0.15, 0.2) is 53.4 Å². The van der Waals surface area contributed by atoms with Crippen LogP contribution in [0.4, 0.5) is 5.69 Å². The molecule has 30 heavy (non-hydrogen) atoms. The van der Waals surface area contributed by atoms with Gasteiger partial charge in [-0.15, -0.1) is 0 Å². The second kappa shape index (κ2) is 9.18. The van der Waals surface area contributed by atoms with Crippen molar-refractivity contribution >= 4 is 21.6 Å². The summed E-state index contributed by atoms with van der Waals surface area (Å²) >= 11 is 0. The summed E-state index contributed by atoms with van der Waals surface area (Å²) in [5.41, 5.74) is 1.65. The molecule has 0 bridgehead atoms. The lowest BCUT2D eigenvalue weighted by atomic mass is 10.1. The van der Waals surface area contributed by atoms with Gasteiger partial charge in [-0.25, -0.2) is 13.1 Å². The van der Waals surface area contributed by atoms with Gasteiger partial charge in [-0.3, -0.25) is 4.79 Å². The summed E-state index contributed by atoms with van der Waals surface area (Å²) in [4.78, 5) is 12.6. The van der Waals surface area contributed by atoms with Crippen molar-refractivity contribution in [2.75, 3.05) is 5.32 Å². The Balaban J connectivity index is 1.27. The summed E-state index contributed by atoms with van der Waals surface area (Å²) in [5, 5.41) is 2.92. The number of amides is 1. The first kappa shape index (κ1) is 20.9. The Morgan fingerprint density at radius 3 is 2.43 bits per heavy atom. The molecule has 2 saturated carbocycles. The summed E-state index contributed by atoms with van der Waals surface area (Å²) in [7, 11) is -3.44. The van der Waals surface area contributed by atoms with Crippen LogP contribution >= 0.6 is 0 Å². The average Bonchev–Trinajstić information content (AvgIpc) is 3.38. The first-order valence-corrected chi connectivity index (χ1v) is 12.1. The Kier molecular flexibility index (Phi) is 6.39. The lowest BCUT2D eigenvalue weighted by molar-refractivity contribution is -0.116. The van der Waals surface area contributed by atoms with Gasteiger partial charge in [0.15, 0.2) is 0 Å². The number of ether oxygens (including phenoxy) is 1. The first-order valence-electron chi connectivity index (χ1n) is 10.7. The minimum atomic E-state index is -3.44. The summed E-state index contributed by atoms with van der Waals surface area (Å²) in [5.74, 6) is 0.705. The summed E-state index contributed by atoms with van der Waals surface area (Å²) in [6.07, 6.45) is 7.56. The normalized spacial score (nSPS) is 17.1. The van der Waals surface area contributed by atoms with Crippen LogP contribution in [-0.4, -0.2) is 26.5 Å². The Bertz CT molecular complexity index is 979. The number of aryl methyl sites for hydroxylation is 1. The van der Waals surface area contributed by atoms with Crippen molar-refractivity contribution in [3.63, 3.8) is 0 Å². The molecule has 4 rings (SSSR count). The van der Waals surface area contributed by atoms with Crippen LogP contribution < -0.4 is 14.8 Å². The topological polar surface area (TPSA) is 84.5 Å². The third kappa shape index (κ3) is 5.83. The molecule has 0 atom stereocenters. The zero-order chi connectivity index (χ0) is 21.0. The third-order valence-electron chi connectivity index (χ3n) is 5.50. The highest BCUT2D eigenvalue weighted by Gasteiger charge is 2.27. The van der Waals surface area contributed by atoms with Crippen molar-refractivity contribution in [3.05, 3.63) is 54.1 Å². The van der Waals surface area contributed by atoms with Crippen LogP contribution in [0, 0.1) is 0 Å². The molecule has 0 saturated heterocycles. The molecule has 7 heteroatoms. The van der Waals surface area contributed by atoms with Crippen molar-refractivity contribution in [2.24, 2.45) is 0 Å². The highest BCUT2D eigenvalue weighted by Crippen LogP contribution is 2.26. The minimum Gasteiger partial charge on any atom is -0.490 e. The molecule has 0 unspecified atom stereocenters. The molecule has 0 aromatic heterocycles. The molecule has 0 spiro atoms. The number of carbonyl (C=O) groups is 1. The van der Waals surface area contributed by atoms with Gasteiger partial charge in [0.1, 0.15) is 5.75 Å². The van der Waals surface area contributed by atoms with E-state index in [9.17, 15) is 13.2 Å². The largest absolute Gasteiger partial charge is 0.490 e. The van der Waals surface area contributed by atoms with Crippen LogP contribution in [0.25, 0.3) is 0 Å². The van der Waals surface area contributed by atoms with E-state index >= 15 is 0 Å². The fourth-order valence-electron chi connectivity index (χ4n) is 3.65. The minimum absolute atomic E-state index is 0.0832. The van der Waals surface area contributed by atoms with Crippen LogP contribution in [0.5, 0.6) is 5.75 Å². The Hall–Kier alpha value is -2.38. The smallest absolute Gasteiger partial charge is 0.240 e. The van der Waals surface area contributed by atoms with E-state index in [1.54, 1.807) is 24.3 Å². The van der Waals surface area contributed by atoms with Crippen LogP contribution in [0.3, 0.4) is 0 Å². The van der Waals surface area contributed by atoms with Gasteiger partial charge in [0, 0.05) is 24.2 Å². The fraction of sp³-hybridized carbons (Fsp3) is 0.435. The molecule has 2 aliphatic carbocycles. The van der Waals surface area contributed by atoms with Crippen LogP contribution in [0.1, 0.15) is 50.5 Å². The number of hydrogen-bond donors (Lipinski definition) is 2. The maximum absolute atomic E-state index is 12.3. The molecule has 2 N–H and O–H groups in total. The van der Waals surface area contributed by atoms with Gasteiger partial charge < -0.3 is 10.1 Å². The van der Waals surface area contributed by atoms with Gasteiger partial charge in [0.2, 0.25) is 15.9 Å². The van der Waals surface area contributed by atoms with E-state index in [2.05, 4.69) is 10.0 Å². The first-order chi connectivity index (χ1) is 14.5. The van der Waals surface area contributed by atoms with Crippen molar-refractivity contribution in [1.82, 2.24) is 4.72 Å². The van der Waals surface area contributed by atoms with E-state index in [1.165, 1.54) is 12.8 Å². The molecular formula is C23H28N2O4S. The van der Waals surface area contributed by atoms with E-state index in [-0.39, 0.29) is 22.9 Å². The standard InChI is InChI=1S/C23H28N2O4S/c26-23(24-19-4-3-7-21(16-19)29-20-5-1-2-6-20)15-10-17-8-13-22(14-9-17)30(27,28)25-18-11-12-18/h3-4,7-9,13-14,16,18,20,25H,1-2,5-6,10-12,15H2,(H,24,26). The zero-order valence-corrected chi connectivity index (χ0v) is 17.8. The summed E-state index contributed by atoms with van der Waals surface area (Å²) in [6.45, 7) is 0. The van der Waals surface area contributed by atoms with E-state index in [4.69, 9.17) is 4.74 Å². The number of hydrogen-bond acceptors (Lipinski definition) is 4.